The van der Waals surface area contributed by atoms with Crippen LogP contribution in [0.2, 0.25) is 0 Å². The number of aliphatic hydroxyl groups is 1. The Kier molecular flexibility index (Phi) is 3.38. The number of morpholine rings is 1. The number of rotatable bonds is 1. The summed E-state index contributed by atoms with van der Waals surface area (Å²) in [5.41, 5.74) is -0.107. The lowest BCUT2D eigenvalue weighted by Crippen LogP contribution is -2.67. The first kappa shape index (κ1) is 13.1. The van der Waals surface area contributed by atoms with Gasteiger partial charge in [0.15, 0.2) is 5.79 Å². The molecule has 2 aliphatic rings. The Morgan fingerprint density at radius 1 is 1.53 bits per heavy atom. The van der Waals surface area contributed by atoms with E-state index in [4.69, 9.17) is 16.3 Å². The van der Waals surface area contributed by atoms with Crippen molar-refractivity contribution in [2.45, 2.75) is 44.6 Å². The molecule has 0 aromatic rings. The van der Waals surface area contributed by atoms with Gasteiger partial charge in [-0.2, -0.15) is 0 Å². The van der Waals surface area contributed by atoms with Crippen LogP contribution < -0.4 is 5.32 Å². The Hall–Kier alpha value is -0.350. The van der Waals surface area contributed by atoms with Crippen LogP contribution in [0.4, 0.5) is 0 Å². The van der Waals surface area contributed by atoms with Gasteiger partial charge >= 0.3 is 0 Å². The second-order valence-electron chi connectivity index (χ2n) is 5.60. The van der Waals surface area contributed by atoms with Crippen molar-refractivity contribution in [1.82, 2.24) is 5.32 Å². The highest BCUT2D eigenvalue weighted by Gasteiger charge is 2.48. The summed E-state index contributed by atoms with van der Waals surface area (Å²) in [6.07, 6.45) is 6.32. The van der Waals surface area contributed by atoms with Crippen LogP contribution in [0.25, 0.3) is 0 Å². The van der Waals surface area contributed by atoms with Crippen LogP contribution in [-0.2, 0) is 4.74 Å². The Labute approximate surface area is 107 Å². The standard InChI is InChI=1S/C13H20ClNO2/c1-9-13(16,17-8-12(2,3)15-9)10-5-4-6-11(14)7-10/h4-6,9-10,15-16H,7-8H2,1-3H3/t9-,10?,13+/m1/s1. The summed E-state index contributed by atoms with van der Waals surface area (Å²) in [6.45, 7) is 6.56. The molecule has 1 heterocycles. The monoisotopic (exact) mass is 257 g/mol. The lowest BCUT2D eigenvalue weighted by Gasteiger charge is -2.49. The predicted octanol–water partition coefficient (Wildman–Crippen LogP) is 2.16. The van der Waals surface area contributed by atoms with Crippen LogP contribution >= 0.6 is 11.6 Å². The van der Waals surface area contributed by atoms with Crippen LogP contribution in [-0.4, -0.2) is 29.1 Å². The zero-order valence-corrected chi connectivity index (χ0v) is 11.3. The van der Waals surface area contributed by atoms with Crippen molar-refractivity contribution in [3.63, 3.8) is 0 Å². The van der Waals surface area contributed by atoms with Gasteiger partial charge in [0, 0.05) is 16.5 Å². The van der Waals surface area contributed by atoms with E-state index in [-0.39, 0.29) is 17.5 Å². The van der Waals surface area contributed by atoms with E-state index in [1.807, 2.05) is 25.2 Å². The first-order valence-corrected chi connectivity index (χ1v) is 6.38. The third-order valence-corrected chi connectivity index (χ3v) is 3.74. The zero-order chi connectivity index (χ0) is 12.7. The minimum Gasteiger partial charge on any atom is -0.364 e. The topological polar surface area (TPSA) is 41.5 Å². The van der Waals surface area contributed by atoms with Crippen molar-refractivity contribution < 1.29 is 9.84 Å². The molecule has 0 bridgehead atoms. The van der Waals surface area contributed by atoms with E-state index >= 15 is 0 Å². The van der Waals surface area contributed by atoms with Gasteiger partial charge in [0.2, 0.25) is 0 Å². The second-order valence-corrected chi connectivity index (χ2v) is 6.08. The van der Waals surface area contributed by atoms with Gasteiger partial charge in [-0.3, -0.25) is 0 Å². The summed E-state index contributed by atoms with van der Waals surface area (Å²) >= 11 is 6.02. The fourth-order valence-electron chi connectivity index (χ4n) is 2.50. The molecule has 0 saturated carbocycles. The van der Waals surface area contributed by atoms with Crippen LogP contribution in [0.15, 0.2) is 23.3 Å². The average Bonchev–Trinajstić information content (AvgIpc) is 2.24. The molecule has 17 heavy (non-hydrogen) atoms. The molecule has 4 heteroatoms. The Morgan fingerprint density at radius 2 is 2.24 bits per heavy atom. The smallest absolute Gasteiger partial charge is 0.187 e. The van der Waals surface area contributed by atoms with E-state index in [0.29, 0.717) is 13.0 Å². The lowest BCUT2D eigenvalue weighted by molar-refractivity contribution is -0.274. The fraction of sp³-hybridized carbons (Fsp3) is 0.692. The van der Waals surface area contributed by atoms with E-state index in [0.717, 1.165) is 5.03 Å². The summed E-state index contributed by atoms with van der Waals surface area (Å²) < 4.78 is 5.74. The fourth-order valence-corrected chi connectivity index (χ4v) is 2.74. The number of ether oxygens (including phenoxy) is 1. The third-order valence-electron chi connectivity index (χ3n) is 3.46. The summed E-state index contributed by atoms with van der Waals surface area (Å²) in [5.74, 6) is -1.28. The molecule has 0 amide bonds. The van der Waals surface area contributed by atoms with E-state index in [1.54, 1.807) is 0 Å². The third kappa shape index (κ3) is 2.58. The van der Waals surface area contributed by atoms with Gasteiger partial charge in [-0.15, -0.1) is 0 Å². The molecule has 0 radical (unpaired) electrons. The van der Waals surface area contributed by atoms with Crippen molar-refractivity contribution in [3.8, 4) is 0 Å². The first-order chi connectivity index (χ1) is 7.83. The summed E-state index contributed by atoms with van der Waals surface area (Å²) in [7, 11) is 0. The number of hydrogen-bond acceptors (Lipinski definition) is 3. The molecule has 96 valence electrons. The molecule has 3 nitrogen and oxygen atoms in total. The zero-order valence-electron chi connectivity index (χ0n) is 10.5. The molecule has 1 saturated heterocycles. The van der Waals surface area contributed by atoms with Gasteiger partial charge in [-0.1, -0.05) is 23.8 Å². The highest BCUT2D eigenvalue weighted by Crippen LogP contribution is 2.36. The first-order valence-electron chi connectivity index (χ1n) is 6.00. The number of halogens is 1. The van der Waals surface area contributed by atoms with Crippen LogP contribution in [0.1, 0.15) is 27.2 Å². The van der Waals surface area contributed by atoms with Crippen LogP contribution in [0, 0.1) is 5.92 Å². The maximum Gasteiger partial charge on any atom is 0.187 e. The maximum atomic E-state index is 10.7. The summed E-state index contributed by atoms with van der Waals surface area (Å²) in [6, 6.07) is -0.136. The normalized spacial score (nSPS) is 41.1. The van der Waals surface area contributed by atoms with Crippen molar-refractivity contribution in [1.29, 1.82) is 0 Å². The van der Waals surface area contributed by atoms with Crippen LogP contribution in [0.5, 0.6) is 0 Å². The minimum absolute atomic E-state index is 0.0985. The minimum atomic E-state index is -1.18. The van der Waals surface area contributed by atoms with Crippen molar-refractivity contribution >= 4 is 11.6 Å². The van der Waals surface area contributed by atoms with Gasteiger partial charge in [0.1, 0.15) is 0 Å². The highest BCUT2D eigenvalue weighted by molar-refractivity contribution is 6.29. The molecule has 1 fully saturated rings. The number of allylic oxidation sites excluding steroid dienone is 3. The summed E-state index contributed by atoms with van der Waals surface area (Å²) in [4.78, 5) is 0. The average molecular weight is 258 g/mol. The van der Waals surface area contributed by atoms with Gasteiger partial charge in [0.05, 0.1) is 12.6 Å². The molecular formula is C13H20ClNO2. The van der Waals surface area contributed by atoms with Crippen molar-refractivity contribution in [2.75, 3.05) is 6.61 Å². The van der Waals surface area contributed by atoms with Gasteiger partial charge in [-0.05, 0) is 33.3 Å². The SMILES string of the molecule is C[C@H]1NC(C)(C)CO[C@]1(O)C1C=CC=C(Cl)C1. The van der Waals surface area contributed by atoms with Crippen LogP contribution in [0.3, 0.4) is 0 Å². The van der Waals surface area contributed by atoms with E-state index in [2.05, 4.69) is 19.2 Å². The summed E-state index contributed by atoms with van der Waals surface area (Å²) in [5, 5.41) is 14.8. The lowest BCUT2D eigenvalue weighted by atomic mass is 9.84. The molecule has 0 spiro atoms. The van der Waals surface area contributed by atoms with Crippen molar-refractivity contribution in [2.24, 2.45) is 5.92 Å². The largest absolute Gasteiger partial charge is 0.364 e. The molecule has 2 rings (SSSR count). The molecular weight excluding hydrogens is 238 g/mol. The van der Waals surface area contributed by atoms with Gasteiger partial charge in [0.25, 0.3) is 0 Å². The van der Waals surface area contributed by atoms with E-state index in [1.165, 1.54) is 0 Å². The molecule has 0 aromatic heterocycles. The predicted molar refractivity (Wildman–Crippen MR) is 68.8 cm³/mol. The Balaban J connectivity index is 2.15. The van der Waals surface area contributed by atoms with Gasteiger partial charge < -0.3 is 15.2 Å². The molecule has 0 aromatic carbocycles. The Morgan fingerprint density at radius 3 is 2.82 bits per heavy atom. The quantitative estimate of drug-likeness (QED) is 0.757. The Bertz CT molecular complexity index is 364. The molecule has 1 aliphatic heterocycles. The molecule has 1 aliphatic carbocycles. The van der Waals surface area contributed by atoms with E-state index < -0.39 is 5.79 Å². The molecule has 3 atom stereocenters. The van der Waals surface area contributed by atoms with Crippen molar-refractivity contribution in [3.05, 3.63) is 23.3 Å². The number of nitrogens with one attached hydrogen (secondary N) is 1. The number of hydrogen-bond donors (Lipinski definition) is 2. The van der Waals surface area contributed by atoms with Gasteiger partial charge in [-0.25, -0.2) is 0 Å². The molecule has 1 unspecified atom stereocenters. The second kappa shape index (κ2) is 4.39. The van der Waals surface area contributed by atoms with E-state index in [9.17, 15) is 5.11 Å². The highest BCUT2D eigenvalue weighted by atomic mass is 35.5. The molecule has 2 N–H and O–H groups in total. The maximum absolute atomic E-state index is 10.7.